The first-order valence-corrected chi connectivity index (χ1v) is 10.5. The summed E-state index contributed by atoms with van der Waals surface area (Å²) in [6.07, 6.45) is 4.86. The van der Waals surface area contributed by atoms with E-state index in [2.05, 4.69) is 20.8 Å². The largest absolute Gasteiger partial charge is 0.494 e. The van der Waals surface area contributed by atoms with E-state index in [1.54, 1.807) is 12.1 Å². The SMILES string of the molecule is CC(C)CCCC(C)CCOc1cccc(-c2ccc(F)c(C(Cl)Cl)c2)c1. The molecule has 0 fully saturated rings. The van der Waals surface area contributed by atoms with Crippen LogP contribution in [0.25, 0.3) is 11.1 Å². The Hall–Kier alpha value is -1.25. The average molecular weight is 411 g/mol. The molecule has 0 spiro atoms. The highest BCUT2D eigenvalue weighted by atomic mass is 35.5. The van der Waals surface area contributed by atoms with Crippen molar-refractivity contribution in [3.8, 4) is 16.9 Å². The number of alkyl halides is 2. The fourth-order valence-corrected chi connectivity index (χ4v) is 3.39. The van der Waals surface area contributed by atoms with Gasteiger partial charge in [0.05, 0.1) is 6.61 Å². The van der Waals surface area contributed by atoms with Crippen LogP contribution in [0.5, 0.6) is 5.75 Å². The molecule has 27 heavy (non-hydrogen) atoms. The van der Waals surface area contributed by atoms with Crippen molar-refractivity contribution in [1.82, 2.24) is 0 Å². The van der Waals surface area contributed by atoms with Gasteiger partial charge in [-0.1, -0.05) is 81.4 Å². The molecule has 0 aliphatic carbocycles. The lowest BCUT2D eigenvalue weighted by molar-refractivity contribution is 0.276. The van der Waals surface area contributed by atoms with Crippen molar-refractivity contribution in [3.63, 3.8) is 0 Å². The summed E-state index contributed by atoms with van der Waals surface area (Å²) in [6, 6.07) is 12.6. The Bertz CT molecular complexity index is 715. The molecule has 0 bridgehead atoms. The third kappa shape index (κ3) is 7.35. The van der Waals surface area contributed by atoms with Crippen molar-refractivity contribution in [1.29, 1.82) is 0 Å². The molecule has 2 aromatic rings. The molecule has 2 rings (SSSR count). The zero-order valence-electron chi connectivity index (χ0n) is 16.4. The van der Waals surface area contributed by atoms with Gasteiger partial charge in [0.15, 0.2) is 0 Å². The van der Waals surface area contributed by atoms with Crippen LogP contribution in [0.1, 0.15) is 56.9 Å². The maximum Gasteiger partial charge on any atom is 0.135 e. The Morgan fingerprint density at radius 1 is 0.926 bits per heavy atom. The summed E-state index contributed by atoms with van der Waals surface area (Å²) in [5, 5.41) is 0. The maximum absolute atomic E-state index is 13.8. The van der Waals surface area contributed by atoms with Gasteiger partial charge in [-0.15, -0.1) is 0 Å². The van der Waals surface area contributed by atoms with Crippen molar-refractivity contribution in [2.45, 2.75) is 51.3 Å². The Morgan fingerprint density at radius 3 is 2.37 bits per heavy atom. The predicted molar refractivity (Wildman–Crippen MR) is 114 cm³/mol. The van der Waals surface area contributed by atoms with E-state index in [0.717, 1.165) is 29.2 Å². The normalized spacial score (nSPS) is 12.6. The molecule has 0 aliphatic heterocycles. The highest BCUT2D eigenvalue weighted by Crippen LogP contribution is 2.32. The summed E-state index contributed by atoms with van der Waals surface area (Å²) in [6.45, 7) is 7.53. The Balaban J connectivity index is 1.93. The quantitative estimate of drug-likeness (QED) is 0.358. The summed E-state index contributed by atoms with van der Waals surface area (Å²) in [7, 11) is 0. The molecular formula is C23H29Cl2FO. The number of hydrogen-bond acceptors (Lipinski definition) is 1. The van der Waals surface area contributed by atoms with Gasteiger partial charge in [0, 0.05) is 5.56 Å². The van der Waals surface area contributed by atoms with Crippen LogP contribution in [0.15, 0.2) is 42.5 Å². The molecule has 1 nitrogen and oxygen atoms in total. The van der Waals surface area contributed by atoms with Crippen LogP contribution >= 0.6 is 23.2 Å². The highest BCUT2D eigenvalue weighted by molar-refractivity contribution is 6.44. The van der Waals surface area contributed by atoms with Crippen molar-refractivity contribution in [2.24, 2.45) is 11.8 Å². The van der Waals surface area contributed by atoms with Crippen molar-refractivity contribution >= 4 is 23.2 Å². The molecule has 148 valence electrons. The second kappa shape index (κ2) is 10.9. The molecule has 0 heterocycles. The summed E-state index contributed by atoms with van der Waals surface area (Å²) < 4.78 is 19.7. The lowest BCUT2D eigenvalue weighted by atomic mass is 9.98. The monoisotopic (exact) mass is 410 g/mol. The minimum atomic E-state index is -0.887. The summed E-state index contributed by atoms with van der Waals surface area (Å²) in [5.74, 6) is 1.86. The van der Waals surface area contributed by atoms with Gasteiger partial charge in [-0.25, -0.2) is 4.39 Å². The van der Waals surface area contributed by atoms with E-state index in [0.29, 0.717) is 12.5 Å². The van der Waals surface area contributed by atoms with Gasteiger partial charge in [-0.05, 0) is 53.6 Å². The van der Waals surface area contributed by atoms with Gasteiger partial charge >= 0.3 is 0 Å². The van der Waals surface area contributed by atoms with Crippen LogP contribution in [0.2, 0.25) is 0 Å². The highest BCUT2D eigenvalue weighted by Gasteiger charge is 2.12. The molecule has 1 unspecified atom stereocenters. The summed E-state index contributed by atoms with van der Waals surface area (Å²) in [4.78, 5) is -0.887. The van der Waals surface area contributed by atoms with Gasteiger partial charge in [-0.3, -0.25) is 0 Å². The van der Waals surface area contributed by atoms with Gasteiger partial charge < -0.3 is 4.74 Å². The van der Waals surface area contributed by atoms with E-state index in [9.17, 15) is 4.39 Å². The predicted octanol–water partition coefficient (Wildman–Crippen LogP) is 8.20. The summed E-state index contributed by atoms with van der Waals surface area (Å²) in [5.41, 5.74) is 2.11. The van der Waals surface area contributed by atoms with Crippen LogP contribution < -0.4 is 4.74 Å². The minimum absolute atomic E-state index is 0.289. The molecule has 2 aromatic carbocycles. The number of rotatable bonds is 10. The van der Waals surface area contributed by atoms with E-state index in [1.165, 1.54) is 25.3 Å². The van der Waals surface area contributed by atoms with E-state index >= 15 is 0 Å². The van der Waals surface area contributed by atoms with Crippen molar-refractivity contribution in [3.05, 3.63) is 53.8 Å². The van der Waals surface area contributed by atoms with E-state index in [1.807, 2.05) is 24.3 Å². The first-order chi connectivity index (χ1) is 12.9. The van der Waals surface area contributed by atoms with E-state index in [4.69, 9.17) is 27.9 Å². The van der Waals surface area contributed by atoms with Gasteiger partial charge in [-0.2, -0.15) is 0 Å². The molecule has 4 heteroatoms. The van der Waals surface area contributed by atoms with Crippen LogP contribution in [0, 0.1) is 17.7 Å². The molecule has 0 radical (unpaired) electrons. The third-order valence-corrected chi connectivity index (χ3v) is 5.23. The van der Waals surface area contributed by atoms with Crippen LogP contribution in [-0.2, 0) is 0 Å². The van der Waals surface area contributed by atoms with Crippen LogP contribution in [-0.4, -0.2) is 6.61 Å². The first kappa shape index (κ1) is 22.0. The smallest absolute Gasteiger partial charge is 0.135 e. The number of hydrogen-bond donors (Lipinski definition) is 0. The Morgan fingerprint density at radius 2 is 1.67 bits per heavy atom. The van der Waals surface area contributed by atoms with Gasteiger partial charge in [0.2, 0.25) is 0 Å². The fraction of sp³-hybridized carbons (Fsp3) is 0.478. The topological polar surface area (TPSA) is 9.23 Å². The van der Waals surface area contributed by atoms with Crippen LogP contribution in [0.4, 0.5) is 4.39 Å². The molecule has 0 saturated carbocycles. The number of ether oxygens (including phenoxy) is 1. The molecule has 0 aliphatic rings. The van der Waals surface area contributed by atoms with Gasteiger partial charge in [0.1, 0.15) is 16.4 Å². The molecule has 0 N–H and O–H groups in total. The molecule has 0 saturated heterocycles. The molecule has 0 amide bonds. The summed E-state index contributed by atoms with van der Waals surface area (Å²) >= 11 is 11.7. The zero-order valence-corrected chi connectivity index (χ0v) is 17.9. The fourth-order valence-electron chi connectivity index (χ4n) is 3.05. The third-order valence-electron chi connectivity index (χ3n) is 4.76. The van der Waals surface area contributed by atoms with Gasteiger partial charge in [0.25, 0.3) is 0 Å². The zero-order chi connectivity index (χ0) is 19.8. The Kier molecular flexibility index (Phi) is 8.92. The van der Waals surface area contributed by atoms with Crippen molar-refractivity contribution in [2.75, 3.05) is 6.61 Å². The second-order valence-corrected chi connectivity index (χ2v) is 8.73. The molecule has 1 atom stereocenters. The Labute approximate surface area is 172 Å². The lowest BCUT2D eigenvalue weighted by Gasteiger charge is -2.14. The van der Waals surface area contributed by atoms with Crippen molar-refractivity contribution < 1.29 is 9.13 Å². The second-order valence-electron chi connectivity index (χ2n) is 7.63. The van der Waals surface area contributed by atoms with E-state index in [-0.39, 0.29) is 5.56 Å². The molecule has 0 aromatic heterocycles. The maximum atomic E-state index is 13.8. The van der Waals surface area contributed by atoms with E-state index < -0.39 is 10.7 Å². The molecular weight excluding hydrogens is 382 g/mol. The lowest BCUT2D eigenvalue weighted by Crippen LogP contribution is -2.05. The standard InChI is InChI=1S/C23H29Cl2FO/c1-16(2)6-4-7-17(3)12-13-27-20-9-5-8-18(14-20)19-10-11-22(26)21(15-19)23(24)25/h5,8-11,14-17,23H,4,6-7,12-13H2,1-3H3. The number of benzene rings is 2. The van der Waals surface area contributed by atoms with Crippen LogP contribution in [0.3, 0.4) is 0 Å². The average Bonchev–Trinajstić information content (AvgIpc) is 2.62. The first-order valence-electron chi connectivity index (χ1n) is 9.67. The minimum Gasteiger partial charge on any atom is -0.494 e. The number of halogens is 3.